The Labute approximate surface area is 118 Å². The highest BCUT2D eigenvalue weighted by Gasteiger charge is 2.49. The van der Waals surface area contributed by atoms with Crippen LogP contribution in [-0.4, -0.2) is 38.3 Å². The SMILES string of the molecule is CNC(=O)Oc1ccc2c(c1)N(C)C1N(C)C=CC21C. The van der Waals surface area contributed by atoms with E-state index in [2.05, 4.69) is 48.4 Å². The molecular weight excluding hydrogens is 254 g/mol. The van der Waals surface area contributed by atoms with E-state index >= 15 is 0 Å². The molecule has 106 valence electrons. The lowest BCUT2D eigenvalue weighted by Gasteiger charge is -2.33. The lowest BCUT2D eigenvalue weighted by molar-refractivity contribution is 0.203. The van der Waals surface area contributed by atoms with Gasteiger partial charge in [-0.25, -0.2) is 4.79 Å². The second kappa shape index (κ2) is 4.16. The van der Waals surface area contributed by atoms with Gasteiger partial charge in [0.05, 0.1) is 5.41 Å². The Morgan fingerprint density at radius 3 is 2.85 bits per heavy atom. The standard InChI is InChI=1S/C15H19N3O2/c1-15-7-8-17(3)13(15)18(4)12-9-10(5-6-11(12)15)20-14(19)16-2/h5-9,13H,1-4H3,(H,16,19). The zero-order valence-electron chi connectivity index (χ0n) is 12.2. The van der Waals surface area contributed by atoms with Gasteiger partial charge in [-0.15, -0.1) is 0 Å². The number of carbonyl (C=O) groups is 1. The highest BCUT2D eigenvalue weighted by Crippen LogP contribution is 2.50. The van der Waals surface area contributed by atoms with Crippen molar-refractivity contribution in [3.63, 3.8) is 0 Å². The summed E-state index contributed by atoms with van der Waals surface area (Å²) < 4.78 is 5.21. The Morgan fingerprint density at radius 1 is 1.40 bits per heavy atom. The van der Waals surface area contributed by atoms with Crippen molar-refractivity contribution in [2.45, 2.75) is 18.5 Å². The molecule has 0 aliphatic carbocycles. The molecule has 0 bridgehead atoms. The second-order valence-corrected chi connectivity index (χ2v) is 5.57. The van der Waals surface area contributed by atoms with E-state index in [1.165, 1.54) is 5.56 Å². The van der Waals surface area contributed by atoms with Crippen molar-refractivity contribution in [3.8, 4) is 5.75 Å². The summed E-state index contributed by atoms with van der Waals surface area (Å²) in [6.07, 6.45) is 4.18. The third-order valence-corrected chi connectivity index (χ3v) is 4.29. The van der Waals surface area contributed by atoms with E-state index in [9.17, 15) is 4.79 Å². The van der Waals surface area contributed by atoms with Gasteiger partial charge in [0.2, 0.25) is 0 Å². The van der Waals surface area contributed by atoms with Crippen LogP contribution in [0, 0.1) is 0 Å². The zero-order chi connectivity index (χ0) is 14.5. The van der Waals surface area contributed by atoms with E-state index in [0.717, 1.165) is 5.69 Å². The highest BCUT2D eigenvalue weighted by molar-refractivity contribution is 5.73. The van der Waals surface area contributed by atoms with Crippen LogP contribution in [0.3, 0.4) is 0 Å². The van der Waals surface area contributed by atoms with E-state index < -0.39 is 6.09 Å². The van der Waals surface area contributed by atoms with Gasteiger partial charge in [-0.1, -0.05) is 12.1 Å². The van der Waals surface area contributed by atoms with Crippen molar-refractivity contribution < 1.29 is 9.53 Å². The van der Waals surface area contributed by atoms with Crippen LogP contribution in [0.25, 0.3) is 0 Å². The van der Waals surface area contributed by atoms with Gasteiger partial charge in [0.15, 0.2) is 0 Å². The van der Waals surface area contributed by atoms with Gasteiger partial charge in [0.1, 0.15) is 11.9 Å². The summed E-state index contributed by atoms with van der Waals surface area (Å²) in [6.45, 7) is 2.24. The zero-order valence-corrected chi connectivity index (χ0v) is 12.2. The molecule has 5 nitrogen and oxygen atoms in total. The summed E-state index contributed by atoms with van der Waals surface area (Å²) in [5, 5.41) is 2.45. The molecule has 2 aliphatic heterocycles. The molecule has 0 saturated heterocycles. The predicted octanol–water partition coefficient (Wildman–Crippen LogP) is 1.90. The Morgan fingerprint density at radius 2 is 2.15 bits per heavy atom. The lowest BCUT2D eigenvalue weighted by atomic mass is 9.83. The summed E-state index contributed by atoms with van der Waals surface area (Å²) in [5.74, 6) is 0.560. The first-order valence-electron chi connectivity index (χ1n) is 6.65. The Kier molecular flexibility index (Phi) is 2.67. The molecular formula is C15H19N3O2. The summed E-state index contributed by atoms with van der Waals surface area (Å²) in [6, 6.07) is 5.82. The average Bonchev–Trinajstić information content (AvgIpc) is 2.84. The molecule has 20 heavy (non-hydrogen) atoms. The second-order valence-electron chi connectivity index (χ2n) is 5.57. The van der Waals surface area contributed by atoms with Crippen LogP contribution in [0.5, 0.6) is 5.75 Å². The molecule has 1 aromatic rings. The van der Waals surface area contributed by atoms with Crippen molar-refractivity contribution >= 4 is 11.8 Å². The summed E-state index contributed by atoms with van der Waals surface area (Å²) in [5.41, 5.74) is 2.34. The fourth-order valence-electron chi connectivity index (χ4n) is 3.38. The quantitative estimate of drug-likeness (QED) is 0.849. The van der Waals surface area contributed by atoms with Crippen LogP contribution in [0.1, 0.15) is 12.5 Å². The van der Waals surface area contributed by atoms with Crippen LogP contribution in [0.2, 0.25) is 0 Å². The molecule has 2 atom stereocenters. The first kappa shape index (κ1) is 12.8. The topological polar surface area (TPSA) is 44.8 Å². The first-order valence-corrected chi connectivity index (χ1v) is 6.65. The van der Waals surface area contributed by atoms with Crippen LogP contribution >= 0.6 is 0 Å². The molecule has 2 aliphatic rings. The number of carbonyl (C=O) groups excluding carboxylic acids is 1. The number of hydrogen-bond donors (Lipinski definition) is 1. The number of likely N-dealkylation sites (N-methyl/N-ethyl adjacent to an activating group) is 2. The maximum absolute atomic E-state index is 11.3. The van der Waals surface area contributed by atoms with Crippen molar-refractivity contribution in [2.75, 3.05) is 26.0 Å². The third kappa shape index (κ3) is 1.59. The monoisotopic (exact) mass is 273 g/mol. The molecule has 1 aromatic carbocycles. The third-order valence-electron chi connectivity index (χ3n) is 4.29. The molecule has 2 heterocycles. The van der Waals surface area contributed by atoms with E-state index in [1.807, 2.05) is 18.2 Å². The largest absolute Gasteiger partial charge is 0.412 e. The van der Waals surface area contributed by atoms with Crippen molar-refractivity contribution in [1.29, 1.82) is 0 Å². The molecule has 0 aromatic heterocycles. The molecule has 0 spiro atoms. The van der Waals surface area contributed by atoms with Gasteiger partial charge in [0.25, 0.3) is 0 Å². The number of rotatable bonds is 1. The van der Waals surface area contributed by atoms with Crippen LogP contribution in [0.4, 0.5) is 10.5 Å². The molecule has 2 unspecified atom stereocenters. The van der Waals surface area contributed by atoms with Gasteiger partial charge in [0, 0.05) is 32.9 Å². The number of nitrogens with zero attached hydrogens (tertiary/aromatic N) is 2. The molecule has 0 radical (unpaired) electrons. The van der Waals surface area contributed by atoms with Crippen molar-refractivity contribution in [3.05, 3.63) is 36.0 Å². The molecule has 5 heteroatoms. The van der Waals surface area contributed by atoms with E-state index in [0.29, 0.717) is 5.75 Å². The summed E-state index contributed by atoms with van der Waals surface area (Å²) >= 11 is 0. The minimum absolute atomic E-state index is 0.0234. The van der Waals surface area contributed by atoms with Crippen LogP contribution in [0.15, 0.2) is 30.5 Å². The van der Waals surface area contributed by atoms with Crippen molar-refractivity contribution in [1.82, 2.24) is 10.2 Å². The molecule has 0 saturated carbocycles. The maximum Gasteiger partial charge on any atom is 0.412 e. The number of ether oxygens (including phenoxy) is 1. The van der Waals surface area contributed by atoms with Crippen molar-refractivity contribution in [2.24, 2.45) is 0 Å². The number of anilines is 1. The van der Waals surface area contributed by atoms with Gasteiger partial charge in [-0.2, -0.15) is 0 Å². The van der Waals surface area contributed by atoms with E-state index in [4.69, 9.17) is 4.74 Å². The summed E-state index contributed by atoms with van der Waals surface area (Å²) in [4.78, 5) is 15.7. The molecule has 1 amide bonds. The Hall–Kier alpha value is -2.17. The van der Waals surface area contributed by atoms with Gasteiger partial charge >= 0.3 is 6.09 Å². The van der Waals surface area contributed by atoms with Crippen LogP contribution in [-0.2, 0) is 5.41 Å². The van der Waals surface area contributed by atoms with Gasteiger partial charge in [-0.3, -0.25) is 0 Å². The fourth-order valence-corrected chi connectivity index (χ4v) is 3.38. The van der Waals surface area contributed by atoms with E-state index in [1.54, 1.807) is 7.05 Å². The first-order chi connectivity index (χ1) is 9.47. The number of nitrogens with one attached hydrogen (secondary N) is 1. The van der Waals surface area contributed by atoms with E-state index in [-0.39, 0.29) is 11.6 Å². The number of hydrogen-bond acceptors (Lipinski definition) is 4. The predicted molar refractivity (Wildman–Crippen MR) is 78.0 cm³/mol. The minimum atomic E-state index is -0.450. The minimum Gasteiger partial charge on any atom is -0.410 e. The fraction of sp³-hybridized carbons (Fsp3) is 0.400. The molecule has 1 N–H and O–H groups in total. The average molecular weight is 273 g/mol. The number of amides is 1. The molecule has 0 fully saturated rings. The number of fused-ring (bicyclic) bond motifs is 3. The summed E-state index contributed by atoms with van der Waals surface area (Å²) in [7, 11) is 5.70. The highest BCUT2D eigenvalue weighted by atomic mass is 16.5. The maximum atomic E-state index is 11.3. The van der Waals surface area contributed by atoms with Crippen LogP contribution < -0.4 is 15.0 Å². The van der Waals surface area contributed by atoms with Gasteiger partial charge in [-0.05, 0) is 24.8 Å². The Bertz CT molecular complexity index is 599. The smallest absolute Gasteiger partial charge is 0.410 e. The normalized spacial score (nSPS) is 26.5. The molecule has 3 rings (SSSR count). The van der Waals surface area contributed by atoms with Gasteiger partial charge < -0.3 is 19.9 Å². The number of benzene rings is 1. The Balaban J connectivity index is 2.01. The lowest BCUT2D eigenvalue weighted by Crippen LogP contribution is -2.45.